The Morgan fingerprint density at radius 3 is 1.80 bits per heavy atom. The SMILES string of the molecule is CC(=O)NC1(C(N)=O)c2ccccc2-c2ccccc21. The fourth-order valence-electron chi connectivity index (χ4n) is 2.96. The molecule has 0 atom stereocenters. The fraction of sp³-hybridized carbons (Fsp3) is 0.125. The number of carbonyl (C=O) groups is 2. The zero-order valence-corrected chi connectivity index (χ0v) is 11.0. The second-order valence-corrected chi connectivity index (χ2v) is 4.89. The van der Waals surface area contributed by atoms with Crippen molar-refractivity contribution < 1.29 is 9.59 Å². The van der Waals surface area contributed by atoms with Crippen molar-refractivity contribution in [2.45, 2.75) is 12.5 Å². The van der Waals surface area contributed by atoms with Gasteiger partial charge in [0.2, 0.25) is 5.91 Å². The number of amides is 2. The molecule has 0 fully saturated rings. The molecule has 4 heteroatoms. The molecule has 0 bridgehead atoms. The summed E-state index contributed by atoms with van der Waals surface area (Å²) in [5, 5.41) is 2.75. The number of rotatable bonds is 2. The van der Waals surface area contributed by atoms with Crippen molar-refractivity contribution in [1.82, 2.24) is 5.32 Å². The number of benzene rings is 2. The first-order valence-electron chi connectivity index (χ1n) is 6.35. The molecule has 2 aromatic carbocycles. The summed E-state index contributed by atoms with van der Waals surface area (Å²) in [5.41, 5.74) is 7.68. The van der Waals surface area contributed by atoms with E-state index in [1.807, 2.05) is 48.5 Å². The van der Waals surface area contributed by atoms with E-state index in [0.29, 0.717) is 0 Å². The Kier molecular flexibility index (Phi) is 2.61. The minimum absolute atomic E-state index is 0.296. The maximum Gasteiger partial charge on any atom is 0.252 e. The molecule has 0 unspecified atom stereocenters. The van der Waals surface area contributed by atoms with Gasteiger partial charge >= 0.3 is 0 Å². The molecule has 2 amide bonds. The lowest BCUT2D eigenvalue weighted by atomic mass is 9.86. The van der Waals surface area contributed by atoms with Crippen molar-refractivity contribution in [2.24, 2.45) is 5.73 Å². The summed E-state index contributed by atoms with van der Waals surface area (Å²) in [7, 11) is 0. The molecule has 100 valence electrons. The van der Waals surface area contributed by atoms with Crippen LogP contribution in [0.3, 0.4) is 0 Å². The Morgan fingerprint density at radius 2 is 1.40 bits per heavy atom. The second kappa shape index (κ2) is 4.20. The van der Waals surface area contributed by atoms with Crippen molar-refractivity contribution in [1.29, 1.82) is 0 Å². The molecule has 0 saturated carbocycles. The average molecular weight is 266 g/mol. The lowest BCUT2D eigenvalue weighted by molar-refractivity contribution is -0.129. The van der Waals surface area contributed by atoms with E-state index in [1.54, 1.807) is 0 Å². The van der Waals surface area contributed by atoms with E-state index in [1.165, 1.54) is 6.92 Å². The second-order valence-electron chi connectivity index (χ2n) is 4.89. The number of primary amides is 1. The van der Waals surface area contributed by atoms with Gasteiger partial charge in [-0.3, -0.25) is 9.59 Å². The third-order valence-corrected chi connectivity index (χ3v) is 3.69. The average Bonchev–Trinajstić information content (AvgIpc) is 2.71. The zero-order chi connectivity index (χ0) is 14.3. The molecule has 0 heterocycles. The molecular formula is C16H14N2O2. The highest BCUT2D eigenvalue weighted by molar-refractivity contribution is 6.01. The topological polar surface area (TPSA) is 72.2 Å². The monoisotopic (exact) mass is 266 g/mol. The van der Waals surface area contributed by atoms with Crippen molar-refractivity contribution in [3.8, 4) is 11.1 Å². The van der Waals surface area contributed by atoms with Gasteiger partial charge in [-0.2, -0.15) is 0 Å². The summed E-state index contributed by atoms with van der Waals surface area (Å²) in [6.45, 7) is 1.38. The molecule has 3 N–H and O–H groups in total. The van der Waals surface area contributed by atoms with Crippen LogP contribution in [0.15, 0.2) is 48.5 Å². The Morgan fingerprint density at radius 1 is 0.950 bits per heavy atom. The highest BCUT2D eigenvalue weighted by atomic mass is 16.2. The molecule has 4 nitrogen and oxygen atoms in total. The molecule has 1 aliphatic rings. The van der Waals surface area contributed by atoms with Crippen molar-refractivity contribution in [2.75, 3.05) is 0 Å². The van der Waals surface area contributed by atoms with Crippen molar-refractivity contribution in [3.63, 3.8) is 0 Å². The minimum Gasteiger partial charge on any atom is -0.367 e. The molecule has 2 aromatic rings. The molecular weight excluding hydrogens is 252 g/mol. The van der Waals surface area contributed by atoms with Gasteiger partial charge in [-0.05, 0) is 22.3 Å². The molecule has 0 spiro atoms. The lowest BCUT2D eigenvalue weighted by Crippen LogP contribution is -2.54. The number of nitrogens with two attached hydrogens (primary N) is 1. The molecule has 0 aliphatic heterocycles. The van der Waals surface area contributed by atoms with Gasteiger partial charge in [-0.25, -0.2) is 0 Å². The van der Waals surface area contributed by atoms with Crippen molar-refractivity contribution in [3.05, 3.63) is 59.7 Å². The van der Waals surface area contributed by atoms with Gasteiger partial charge < -0.3 is 11.1 Å². The largest absolute Gasteiger partial charge is 0.367 e. The third-order valence-electron chi connectivity index (χ3n) is 3.69. The van der Waals surface area contributed by atoms with Gasteiger partial charge in [0.15, 0.2) is 5.54 Å². The van der Waals surface area contributed by atoms with E-state index >= 15 is 0 Å². The van der Waals surface area contributed by atoms with Crippen LogP contribution in [0.25, 0.3) is 11.1 Å². The van der Waals surface area contributed by atoms with Crippen LogP contribution in [0.5, 0.6) is 0 Å². The molecule has 0 radical (unpaired) electrons. The Bertz CT molecular complexity index is 676. The van der Waals surface area contributed by atoms with E-state index in [-0.39, 0.29) is 5.91 Å². The minimum atomic E-state index is -1.28. The number of carbonyl (C=O) groups excluding carboxylic acids is 2. The van der Waals surface area contributed by atoms with Crippen LogP contribution in [-0.2, 0) is 15.1 Å². The number of nitrogens with one attached hydrogen (secondary N) is 1. The van der Waals surface area contributed by atoms with Crippen molar-refractivity contribution >= 4 is 11.8 Å². The van der Waals surface area contributed by atoms with Gasteiger partial charge in [-0.15, -0.1) is 0 Å². The van der Waals surface area contributed by atoms with Gasteiger partial charge in [0.1, 0.15) is 0 Å². The summed E-state index contributed by atoms with van der Waals surface area (Å²) in [5.74, 6) is -0.875. The third kappa shape index (κ3) is 1.48. The molecule has 0 saturated heterocycles. The standard InChI is InChI=1S/C16H14N2O2/c1-10(19)18-16(15(17)20)13-8-4-2-6-11(13)12-7-3-5-9-14(12)16/h2-9H,1H3,(H2,17,20)(H,18,19). The fourth-order valence-corrected chi connectivity index (χ4v) is 2.96. The predicted molar refractivity (Wildman–Crippen MR) is 75.7 cm³/mol. The number of hydrogen-bond donors (Lipinski definition) is 2. The van der Waals surface area contributed by atoms with Crippen LogP contribution in [0.4, 0.5) is 0 Å². The number of fused-ring (bicyclic) bond motifs is 3. The normalized spacial score (nSPS) is 14.2. The van der Waals surface area contributed by atoms with E-state index in [0.717, 1.165) is 22.3 Å². The van der Waals surface area contributed by atoms with Crippen LogP contribution in [0.1, 0.15) is 18.1 Å². The highest BCUT2D eigenvalue weighted by Crippen LogP contribution is 2.47. The smallest absolute Gasteiger partial charge is 0.252 e. The summed E-state index contributed by atoms with van der Waals surface area (Å²) in [6.07, 6.45) is 0. The molecule has 0 aromatic heterocycles. The van der Waals surface area contributed by atoms with Gasteiger partial charge in [0.25, 0.3) is 5.91 Å². The van der Waals surface area contributed by atoms with E-state index in [2.05, 4.69) is 5.32 Å². The summed E-state index contributed by atoms with van der Waals surface area (Å²) in [4.78, 5) is 23.8. The first kappa shape index (κ1) is 12.4. The number of hydrogen-bond acceptors (Lipinski definition) is 2. The quantitative estimate of drug-likeness (QED) is 0.865. The maximum absolute atomic E-state index is 12.2. The van der Waals surface area contributed by atoms with Crippen LogP contribution < -0.4 is 11.1 Å². The Hall–Kier alpha value is -2.62. The van der Waals surface area contributed by atoms with E-state index in [9.17, 15) is 9.59 Å². The Balaban J connectivity index is 2.39. The van der Waals surface area contributed by atoms with Gasteiger partial charge in [0, 0.05) is 6.92 Å². The van der Waals surface area contributed by atoms with Crippen LogP contribution in [0, 0.1) is 0 Å². The summed E-state index contributed by atoms with van der Waals surface area (Å²) < 4.78 is 0. The first-order valence-corrected chi connectivity index (χ1v) is 6.35. The predicted octanol–water partition coefficient (Wildman–Crippen LogP) is 1.53. The van der Waals surface area contributed by atoms with Gasteiger partial charge in [0.05, 0.1) is 0 Å². The summed E-state index contributed by atoms with van der Waals surface area (Å²) >= 11 is 0. The molecule has 1 aliphatic carbocycles. The van der Waals surface area contributed by atoms with E-state index in [4.69, 9.17) is 5.73 Å². The lowest BCUT2D eigenvalue weighted by Gasteiger charge is -2.29. The van der Waals surface area contributed by atoms with Crippen LogP contribution in [0.2, 0.25) is 0 Å². The zero-order valence-electron chi connectivity index (χ0n) is 11.0. The highest BCUT2D eigenvalue weighted by Gasteiger charge is 2.48. The molecule has 20 heavy (non-hydrogen) atoms. The van der Waals surface area contributed by atoms with E-state index < -0.39 is 11.4 Å². The van der Waals surface area contributed by atoms with Gasteiger partial charge in [-0.1, -0.05) is 48.5 Å². The molecule has 3 rings (SSSR count). The van der Waals surface area contributed by atoms with Crippen LogP contribution in [-0.4, -0.2) is 11.8 Å². The maximum atomic E-state index is 12.2. The first-order chi connectivity index (χ1) is 9.57. The Labute approximate surface area is 116 Å². The van der Waals surface area contributed by atoms with Crippen LogP contribution >= 0.6 is 0 Å². The summed E-state index contributed by atoms with van der Waals surface area (Å²) in [6, 6.07) is 15.0.